The van der Waals surface area contributed by atoms with Gasteiger partial charge in [0.1, 0.15) is 5.56 Å². The number of carbonyl (C=O) groups excluding carboxylic acids is 1. The molecular weight excluding hydrogens is 234 g/mol. The van der Waals surface area contributed by atoms with Gasteiger partial charge in [-0.1, -0.05) is 11.6 Å². The molecule has 0 N–H and O–H groups in total. The summed E-state index contributed by atoms with van der Waals surface area (Å²) in [7, 11) is 0. The van der Waals surface area contributed by atoms with E-state index in [1.807, 2.05) is 0 Å². The third-order valence-electron chi connectivity index (χ3n) is 1.57. The Hall–Kier alpha value is -1.63. The van der Waals surface area contributed by atoms with Crippen molar-refractivity contribution < 1.29 is 18.5 Å². The van der Waals surface area contributed by atoms with Gasteiger partial charge in [0.25, 0.3) is 6.43 Å². The minimum atomic E-state index is -3.16. The van der Waals surface area contributed by atoms with Gasteiger partial charge in [-0.25, -0.2) is 8.78 Å². The van der Waals surface area contributed by atoms with E-state index in [0.717, 1.165) is 6.20 Å². The maximum Gasteiger partial charge on any atom is 0.373 e. The molecule has 15 heavy (non-hydrogen) atoms. The van der Waals surface area contributed by atoms with Crippen LogP contribution in [-0.2, 0) is 0 Å². The van der Waals surface area contributed by atoms with Crippen LogP contribution in [0.2, 0.25) is 5.02 Å². The van der Waals surface area contributed by atoms with Crippen LogP contribution in [0.1, 0.15) is 22.3 Å². The molecule has 8 heteroatoms. The quantitative estimate of drug-likeness (QED) is 0.459. The average Bonchev–Trinajstić information content (AvgIpc) is 2.16. The number of nitrogens with zero attached hydrogens (tertiary/aromatic N) is 2. The summed E-state index contributed by atoms with van der Waals surface area (Å²) in [6.07, 6.45) is -2.19. The largest absolute Gasteiger partial charge is 0.373 e. The Morgan fingerprint density at radius 2 is 2.20 bits per heavy atom. The Morgan fingerprint density at radius 3 is 2.60 bits per heavy atom. The zero-order chi connectivity index (χ0) is 11.6. The third kappa shape index (κ3) is 2.07. The van der Waals surface area contributed by atoms with E-state index in [-0.39, 0.29) is 11.8 Å². The van der Waals surface area contributed by atoms with Gasteiger partial charge < -0.3 is 10.1 Å². The van der Waals surface area contributed by atoms with Gasteiger partial charge in [-0.15, -0.1) is 0 Å². The number of pyridine rings is 1. The first-order valence-electron chi connectivity index (χ1n) is 3.55. The lowest BCUT2D eigenvalue weighted by Crippen LogP contribution is -2.02. The molecule has 0 saturated carbocycles. The molecular formula is C7H3ClF2N2O3. The Balaban J connectivity index is 3.51. The molecule has 0 amide bonds. The molecule has 80 valence electrons. The molecule has 5 nitrogen and oxygen atoms in total. The van der Waals surface area contributed by atoms with E-state index in [2.05, 4.69) is 4.98 Å². The highest BCUT2D eigenvalue weighted by atomic mass is 35.5. The van der Waals surface area contributed by atoms with Crippen LogP contribution in [0.4, 0.5) is 14.6 Å². The summed E-state index contributed by atoms with van der Waals surface area (Å²) >= 11 is 5.40. The van der Waals surface area contributed by atoms with Crippen LogP contribution in [0.15, 0.2) is 6.20 Å². The number of hydrogen-bond donors (Lipinski definition) is 0. The lowest BCUT2D eigenvalue weighted by molar-refractivity contribution is -0.391. The maximum atomic E-state index is 12.4. The minimum absolute atomic E-state index is 0.199. The predicted molar refractivity (Wildman–Crippen MR) is 46.2 cm³/mol. The highest BCUT2D eigenvalue weighted by Gasteiger charge is 2.28. The van der Waals surface area contributed by atoms with Crippen LogP contribution < -0.4 is 0 Å². The van der Waals surface area contributed by atoms with Crippen molar-refractivity contribution in [2.24, 2.45) is 0 Å². The second kappa shape index (κ2) is 4.26. The number of rotatable bonds is 3. The van der Waals surface area contributed by atoms with E-state index in [0.29, 0.717) is 0 Å². The van der Waals surface area contributed by atoms with E-state index in [4.69, 9.17) is 11.6 Å². The van der Waals surface area contributed by atoms with E-state index in [1.54, 1.807) is 0 Å². The van der Waals surface area contributed by atoms with Crippen LogP contribution in [0.25, 0.3) is 0 Å². The van der Waals surface area contributed by atoms with Crippen molar-refractivity contribution in [3.8, 4) is 0 Å². The zero-order valence-electron chi connectivity index (χ0n) is 6.99. The molecule has 0 unspecified atom stereocenters. The van der Waals surface area contributed by atoms with Crippen molar-refractivity contribution in [2.75, 3.05) is 0 Å². The van der Waals surface area contributed by atoms with Crippen LogP contribution in [0, 0.1) is 10.1 Å². The molecule has 0 spiro atoms. The molecule has 0 aliphatic carbocycles. The van der Waals surface area contributed by atoms with Gasteiger partial charge in [-0.05, 0) is 9.91 Å². The summed E-state index contributed by atoms with van der Waals surface area (Å²) in [4.78, 5) is 22.7. The smallest absolute Gasteiger partial charge is 0.358 e. The normalized spacial score (nSPS) is 10.4. The summed E-state index contributed by atoms with van der Waals surface area (Å²) in [5.74, 6) is -1.04. The molecule has 0 saturated heterocycles. The molecule has 1 aromatic rings. The standard InChI is InChI=1S/C7H3ClF2N2O3/c8-5-3(2-13)1-11-7(12(14)15)4(5)6(9)10/h1-2,6H. The molecule has 1 rings (SSSR count). The molecule has 0 aliphatic rings. The van der Waals surface area contributed by atoms with Gasteiger partial charge in [0.2, 0.25) is 0 Å². The van der Waals surface area contributed by atoms with Gasteiger partial charge >= 0.3 is 5.82 Å². The number of halogens is 3. The zero-order valence-corrected chi connectivity index (χ0v) is 7.74. The lowest BCUT2D eigenvalue weighted by atomic mass is 10.2. The number of alkyl halides is 2. The maximum absolute atomic E-state index is 12.4. The number of aromatic nitrogens is 1. The van der Waals surface area contributed by atoms with Crippen molar-refractivity contribution in [2.45, 2.75) is 6.43 Å². The lowest BCUT2D eigenvalue weighted by Gasteiger charge is -2.04. The van der Waals surface area contributed by atoms with E-state index < -0.39 is 27.8 Å². The fourth-order valence-corrected chi connectivity index (χ4v) is 1.19. The van der Waals surface area contributed by atoms with Crippen molar-refractivity contribution >= 4 is 23.7 Å². The fourth-order valence-electron chi connectivity index (χ4n) is 0.932. The van der Waals surface area contributed by atoms with Gasteiger partial charge in [0, 0.05) is 0 Å². The second-order valence-corrected chi connectivity index (χ2v) is 2.82. The van der Waals surface area contributed by atoms with Crippen LogP contribution in [-0.4, -0.2) is 16.2 Å². The SMILES string of the molecule is O=Cc1cnc([N+](=O)[O-])c(C(F)F)c1Cl. The molecule has 0 aromatic carbocycles. The minimum Gasteiger partial charge on any atom is -0.358 e. The highest BCUT2D eigenvalue weighted by molar-refractivity contribution is 6.34. The summed E-state index contributed by atoms with van der Waals surface area (Å²) in [6.45, 7) is 0. The third-order valence-corrected chi connectivity index (χ3v) is 2.00. The number of carbonyl (C=O) groups is 1. The van der Waals surface area contributed by atoms with Gasteiger partial charge in [0.05, 0.1) is 10.6 Å². The van der Waals surface area contributed by atoms with Gasteiger partial charge in [0.15, 0.2) is 12.5 Å². The second-order valence-electron chi connectivity index (χ2n) is 2.44. The first-order chi connectivity index (χ1) is 6.99. The number of nitro groups is 1. The van der Waals surface area contributed by atoms with Gasteiger partial charge in [-0.3, -0.25) is 4.79 Å². The first kappa shape index (κ1) is 11.4. The van der Waals surface area contributed by atoms with Crippen molar-refractivity contribution in [1.29, 1.82) is 0 Å². The van der Waals surface area contributed by atoms with E-state index >= 15 is 0 Å². The molecule has 1 heterocycles. The van der Waals surface area contributed by atoms with Gasteiger partial charge in [-0.2, -0.15) is 0 Å². The van der Waals surface area contributed by atoms with Crippen LogP contribution >= 0.6 is 11.6 Å². The van der Waals surface area contributed by atoms with E-state index in [9.17, 15) is 23.7 Å². The Morgan fingerprint density at radius 1 is 1.60 bits per heavy atom. The van der Waals surface area contributed by atoms with Crippen LogP contribution in [0.5, 0.6) is 0 Å². The topological polar surface area (TPSA) is 73.1 Å². The average molecular weight is 237 g/mol. The van der Waals surface area contributed by atoms with Crippen molar-refractivity contribution in [1.82, 2.24) is 4.98 Å². The summed E-state index contributed by atoms with van der Waals surface area (Å²) in [5, 5.41) is 9.70. The van der Waals surface area contributed by atoms with Crippen molar-refractivity contribution in [3.05, 3.63) is 32.5 Å². The molecule has 0 aliphatic heterocycles. The van der Waals surface area contributed by atoms with Crippen molar-refractivity contribution in [3.63, 3.8) is 0 Å². The van der Waals surface area contributed by atoms with Crippen LogP contribution in [0.3, 0.4) is 0 Å². The Kier molecular flexibility index (Phi) is 3.25. The predicted octanol–water partition coefficient (Wildman–Crippen LogP) is 2.39. The monoisotopic (exact) mass is 236 g/mol. The number of hydrogen-bond acceptors (Lipinski definition) is 4. The molecule has 0 atom stereocenters. The first-order valence-corrected chi connectivity index (χ1v) is 3.93. The summed E-state index contributed by atoms with van der Waals surface area (Å²) in [5.41, 5.74) is -1.34. The summed E-state index contributed by atoms with van der Waals surface area (Å²) < 4.78 is 24.8. The molecule has 0 bridgehead atoms. The Labute approximate surface area is 86.8 Å². The fraction of sp³-hybridized carbons (Fsp3) is 0.143. The highest BCUT2D eigenvalue weighted by Crippen LogP contribution is 2.34. The molecule has 1 aromatic heterocycles. The van der Waals surface area contributed by atoms with E-state index in [1.165, 1.54) is 0 Å². The Bertz CT molecular complexity index is 425. The number of aldehydes is 1. The summed E-state index contributed by atoms with van der Waals surface area (Å²) in [6, 6.07) is 0. The molecule has 0 fully saturated rings. The molecule has 0 radical (unpaired) electrons.